The lowest BCUT2D eigenvalue weighted by Crippen LogP contribution is -2.39. The summed E-state index contributed by atoms with van der Waals surface area (Å²) in [5.41, 5.74) is 6.51. The normalized spacial score (nSPS) is 10.8. The molecule has 1 aromatic heterocycles. The van der Waals surface area contributed by atoms with Crippen molar-refractivity contribution in [3.63, 3.8) is 0 Å². The summed E-state index contributed by atoms with van der Waals surface area (Å²) in [5.74, 6) is 0. The summed E-state index contributed by atoms with van der Waals surface area (Å²) < 4.78 is 2.48. The number of hydrogen-bond acceptors (Lipinski definition) is 0. The fourth-order valence-electron chi connectivity index (χ4n) is 3.40. The minimum absolute atomic E-state index is 1.09. The van der Waals surface area contributed by atoms with Gasteiger partial charge < -0.3 is 0 Å². The van der Waals surface area contributed by atoms with Crippen molar-refractivity contribution < 1.29 is 4.57 Å². The topological polar surface area (TPSA) is 3.88 Å². The van der Waals surface area contributed by atoms with Crippen LogP contribution in [0.5, 0.6) is 0 Å². The molecule has 3 rings (SSSR count). The van der Waals surface area contributed by atoms with Gasteiger partial charge in [-0.15, -0.1) is 0 Å². The highest BCUT2D eigenvalue weighted by atomic mass is 15.0. The summed E-state index contributed by atoms with van der Waals surface area (Å²) >= 11 is 0. The molecule has 0 radical (unpaired) electrons. The number of nitrogens with zero attached hydrogens (tertiary/aromatic N) is 1. The molecule has 0 fully saturated rings. The van der Waals surface area contributed by atoms with E-state index in [1.807, 2.05) is 0 Å². The molecule has 0 aliphatic heterocycles. The van der Waals surface area contributed by atoms with E-state index in [1.165, 1.54) is 53.8 Å². The van der Waals surface area contributed by atoms with Crippen LogP contribution in [-0.4, -0.2) is 0 Å². The smallest absolute Gasteiger partial charge is 0.196 e. The van der Waals surface area contributed by atoms with Gasteiger partial charge in [0.15, 0.2) is 5.69 Å². The van der Waals surface area contributed by atoms with E-state index >= 15 is 0 Å². The number of pyridine rings is 1. The number of aromatic nitrogens is 1. The Kier molecular flexibility index (Phi) is 6.00. The van der Waals surface area contributed by atoms with Crippen molar-refractivity contribution in [1.82, 2.24) is 0 Å². The van der Waals surface area contributed by atoms with E-state index in [4.69, 9.17) is 0 Å². The first-order chi connectivity index (χ1) is 12.3. The lowest BCUT2D eigenvalue weighted by Gasteiger charge is -2.10. The lowest BCUT2D eigenvalue weighted by molar-refractivity contribution is -0.692. The van der Waals surface area contributed by atoms with E-state index in [2.05, 4.69) is 91.2 Å². The average molecular weight is 330 g/mol. The van der Waals surface area contributed by atoms with Crippen molar-refractivity contribution in [2.24, 2.45) is 0 Å². The number of aryl methyl sites for hydroxylation is 1. The van der Waals surface area contributed by atoms with Gasteiger partial charge in [0.05, 0.1) is 0 Å². The van der Waals surface area contributed by atoms with Gasteiger partial charge in [0.2, 0.25) is 5.69 Å². The monoisotopic (exact) mass is 330 g/mol. The molecule has 0 saturated heterocycles. The molecule has 1 heteroatoms. The largest absolute Gasteiger partial charge is 0.213 e. The number of unbranched alkanes of at least 4 members (excludes halogenated alkanes) is 3. The molecular formula is C24H28N+. The lowest BCUT2D eigenvalue weighted by atomic mass is 10.0. The molecule has 0 aliphatic rings. The average Bonchev–Trinajstić information content (AvgIpc) is 2.67. The van der Waals surface area contributed by atoms with Gasteiger partial charge in [0.1, 0.15) is 6.54 Å². The van der Waals surface area contributed by atoms with Crippen molar-refractivity contribution >= 4 is 0 Å². The summed E-state index contributed by atoms with van der Waals surface area (Å²) in [5, 5.41) is 0. The molecule has 0 spiro atoms. The third-order valence-electron chi connectivity index (χ3n) is 4.79. The molecule has 1 heterocycles. The molecule has 0 saturated carbocycles. The van der Waals surface area contributed by atoms with Crippen LogP contribution < -0.4 is 4.57 Å². The maximum absolute atomic E-state index is 2.48. The second kappa shape index (κ2) is 8.62. The van der Waals surface area contributed by atoms with E-state index in [0.717, 1.165) is 6.54 Å². The van der Waals surface area contributed by atoms with Gasteiger partial charge in [-0.2, -0.15) is 4.57 Å². The second-order valence-electron chi connectivity index (χ2n) is 6.71. The fourth-order valence-corrected chi connectivity index (χ4v) is 3.40. The van der Waals surface area contributed by atoms with Crippen LogP contribution in [0.2, 0.25) is 0 Å². The molecular weight excluding hydrogens is 302 g/mol. The number of rotatable bonds is 7. The predicted octanol–water partition coefficient (Wildman–Crippen LogP) is 6.20. The molecule has 3 aromatic rings. The van der Waals surface area contributed by atoms with Crippen LogP contribution >= 0.6 is 0 Å². The van der Waals surface area contributed by atoms with Crippen LogP contribution in [0.4, 0.5) is 0 Å². The zero-order valence-corrected chi connectivity index (χ0v) is 15.4. The Morgan fingerprint density at radius 3 is 1.96 bits per heavy atom. The first-order valence-electron chi connectivity index (χ1n) is 9.45. The van der Waals surface area contributed by atoms with Crippen LogP contribution in [0.1, 0.15) is 38.3 Å². The van der Waals surface area contributed by atoms with Crippen LogP contribution in [0.25, 0.3) is 22.4 Å². The Bertz CT molecular complexity index is 791. The molecule has 0 bridgehead atoms. The first-order valence-corrected chi connectivity index (χ1v) is 9.45. The van der Waals surface area contributed by atoms with Gasteiger partial charge in [-0.05, 0) is 29.7 Å². The van der Waals surface area contributed by atoms with Crippen molar-refractivity contribution in [3.8, 4) is 22.4 Å². The van der Waals surface area contributed by atoms with Gasteiger partial charge in [0.25, 0.3) is 0 Å². The third kappa shape index (κ3) is 4.36. The minimum Gasteiger partial charge on any atom is -0.196 e. The molecule has 0 amide bonds. The predicted molar refractivity (Wildman–Crippen MR) is 106 cm³/mol. The third-order valence-corrected chi connectivity index (χ3v) is 4.79. The van der Waals surface area contributed by atoms with Crippen LogP contribution in [0.15, 0.2) is 72.8 Å². The Labute approximate surface area is 152 Å². The van der Waals surface area contributed by atoms with E-state index in [9.17, 15) is 0 Å². The summed E-state index contributed by atoms with van der Waals surface area (Å²) in [6.45, 7) is 5.59. The van der Waals surface area contributed by atoms with Crippen LogP contribution in [0, 0.1) is 6.92 Å². The van der Waals surface area contributed by atoms with Gasteiger partial charge >= 0.3 is 0 Å². The Balaban J connectivity index is 2.02. The Morgan fingerprint density at radius 1 is 0.680 bits per heavy atom. The van der Waals surface area contributed by atoms with E-state index in [-0.39, 0.29) is 0 Å². The standard InChI is InChI=1S/C24H28N/c1-3-4-5-12-17-25-20(2)18-23(21-13-8-6-9-14-21)19-24(25)22-15-10-7-11-16-22/h6-11,13-16,18-19H,3-5,12,17H2,1-2H3/q+1. The Morgan fingerprint density at radius 2 is 1.32 bits per heavy atom. The van der Waals surface area contributed by atoms with Gasteiger partial charge in [-0.1, -0.05) is 68.3 Å². The van der Waals surface area contributed by atoms with Crippen molar-refractivity contribution in [3.05, 3.63) is 78.5 Å². The number of benzene rings is 2. The number of hydrogen-bond donors (Lipinski definition) is 0. The first kappa shape index (κ1) is 17.4. The zero-order valence-electron chi connectivity index (χ0n) is 15.4. The van der Waals surface area contributed by atoms with Crippen molar-refractivity contribution in [2.45, 2.75) is 46.1 Å². The maximum atomic E-state index is 2.48. The summed E-state index contributed by atoms with van der Waals surface area (Å²) in [6, 6.07) is 26.1. The molecule has 0 N–H and O–H groups in total. The second-order valence-corrected chi connectivity index (χ2v) is 6.71. The van der Waals surface area contributed by atoms with Crippen molar-refractivity contribution in [2.75, 3.05) is 0 Å². The van der Waals surface area contributed by atoms with Crippen LogP contribution in [-0.2, 0) is 6.54 Å². The molecule has 0 atom stereocenters. The molecule has 1 nitrogen and oxygen atoms in total. The highest BCUT2D eigenvalue weighted by molar-refractivity contribution is 5.69. The van der Waals surface area contributed by atoms with E-state index < -0.39 is 0 Å². The van der Waals surface area contributed by atoms with E-state index in [0.29, 0.717) is 0 Å². The zero-order chi connectivity index (χ0) is 17.5. The summed E-state index contributed by atoms with van der Waals surface area (Å²) in [4.78, 5) is 0. The molecule has 0 aliphatic carbocycles. The van der Waals surface area contributed by atoms with Crippen LogP contribution in [0.3, 0.4) is 0 Å². The quantitative estimate of drug-likeness (QED) is 0.359. The highest BCUT2D eigenvalue weighted by Gasteiger charge is 2.18. The SMILES string of the molecule is CCCCCC[n+]1c(C)cc(-c2ccccc2)cc1-c1ccccc1. The molecule has 2 aromatic carbocycles. The molecule has 0 unspecified atom stereocenters. The van der Waals surface area contributed by atoms with Gasteiger partial charge in [-0.3, -0.25) is 0 Å². The maximum Gasteiger partial charge on any atom is 0.213 e. The highest BCUT2D eigenvalue weighted by Crippen LogP contribution is 2.25. The van der Waals surface area contributed by atoms with Gasteiger partial charge in [0, 0.05) is 31.0 Å². The molecule has 128 valence electrons. The minimum atomic E-state index is 1.09. The summed E-state index contributed by atoms with van der Waals surface area (Å²) in [6.07, 6.45) is 5.14. The van der Waals surface area contributed by atoms with Crippen molar-refractivity contribution in [1.29, 1.82) is 0 Å². The summed E-state index contributed by atoms with van der Waals surface area (Å²) in [7, 11) is 0. The fraction of sp³-hybridized carbons (Fsp3) is 0.292. The molecule has 25 heavy (non-hydrogen) atoms. The Hall–Kier alpha value is -2.41. The van der Waals surface area contributed by atoms with Gasteiger partial charge in [-0.25, -0.2) is 0 Å². The van der Waals surface area contributed by atoms with E-state index in [1.54, 1.807) is 0 Å².